The van der Waals surface area contributed by atoms with Crippen LogP contribution < -0.4 is 5.32 Å². The number of carbonyl (C=O) groups is 1. The number of esters is 1. The Balaban J connectivity index is 2.32. The fraction of sp³-hybridized carbons (Fsp3) is 0.105. The number of nitrogens with zero attached hydrogens (tertiary/aromatic N) is 2. The monoisotopic (exact) mass is 351 g/mol. The fourth-order valence-corrected chi connectivity index (χ4v) is 2.43. The van der Waals surface area contributed by atoms with E-state index in [4.69, 9.17) is 10.00 Å². The Morgan fingerprint density at radius 1 is 1.20 bits per heavy atom. The summed E-state index contributed by atoms with van der Waals surface area (Å²) < 4.78 is 4.89. The first-order valence-electron chi connectivity index (χ1n) is 7.41. The Kier molecular flexibility index (Phi) is 6.81. The van der Waals surface area contributed by atoms with Crippen molar-refractivity contribution >= 4 is 40.2 Å². The summed E-state index contributed by atoms with van der Waals surface area (Å²) in [5, 5.41) is 11.7. The molecule has 0 atom stereocenters. The molecule has 0 radical (unpaired) electrons. The minimum Gasteiger partial charge on any atom is -0.465 e. The SMILES string of the molecule is COC(=O)C(=Cc1ccc(N=C(NC#N)SC)cc1)c1ccccc1. The van der Waals surface area contributed by atoms with Gasteiger partial charge in [-0.1, -0.05) is 54.2 Å². The molecule has 0 fully saturated rings. The highest BCUT2D eigenvalue weighted by Gasteiger charge is 2.12. The van der Waals surface area contributed by atoms with Crippen LogP contribution in [0.3, 0.4) is 0 Å². The highest BCUT2D eigenvalue weighted by Crippen LogP contribution is 2.22. The van der Waals surface area contributed by atoms with Crippen LogP contribution in [0.15, 0.2) is 59.6 Å². The Morgan fingerprint density at radius 3 is 2.44 bits per heavy atom. The van der Waals surface area contributed by atoms with E-state index in [1.807, 2.05) is 67.0 Å². The lowest BCUT2D eigenvalue weighted by Gasteiger charge is -2.06. The summed E-state index contributed by atoms with van der Waals surface area (Å²) in [4.78, 5) is 16.4. The Morgan fingerprint density at radius 2 is 1.88 bits per heavy atom. The molecule has 5 nitrogen and oxygen atoms in total. The van der Waals surface area contributed by atoms with Crippen LogP contribution in [0.25, 0.3) is 11.6 Å². The molecule has 0 aromatic heterocycles. The lowest BCUT2D eigenvalue weighted by atomic mass is 10.0. The topological polar surface area (TPSA) is 74.5 Å². The van der Waals surface area contributed by atoms with Gasteiger partial charge in [0.25, 0.3) is 0 Å². The molecule has 6 heteroatoms. The third kappa shape index (κ3) is 5.23. The predicted molar refractivity (Wildman–Crippen MR) is 102 cm³/mol. The molecule has 126 valence electrons. The van der Waals surface area contributed by atoms with Crippen molar-refractivity contribution in [3.63, 3.8) is 0 Å². The first kappa shape index (κ1) is 18.3. The highest BCUT2D eigenvalue weighted by atomic mass is 32.2. The molecule has 0 amide bonds. The van der Waals surface area contributed by atoms with Gasteiger partial charge < -0.3 is 4.74 Å². The van der Waals surface area contributed by atoms with E-state index < -0.39 is 5.97 Å². The maximum Gasteiger partial charge on any atom is 0.338 e. The molecule has 0 aliphatic rings. The van der Waals surface area contributed by atoms with E-state index in [9.17, 15) is 4.79 Å². The number of benzene rings is 2. The number of carbonyl (C=O) groups excluding carboxylic acids is 1. The second-order valence-corrected chi connectivity index (χ2v) is 5.66. The molecule has 2 aromatic carbocycles. The molecule has 25 heavy (non-hydrogen) atoms. The molecular formula is C19H17N3O2S. The number of aliphatic imine (C=N–C) groups is 1. The molecule has 0 bridgehead atoms. The number of hydrogen-bond donors (Lipinski definition) is 1. The van der Waals surface area contributed by atoms with Crippen molar-refractivity contribution in [2.45, 2.75) is 0 Å². The normalized spacial score (nSPS) is 11.6. The molecule has 0 aliphatic heterocycles. The van der Waals surface area contributed by atoms with Crippen LogP contribution in [-0.4, -0.2) is 24.5 Å². The van der Waals surface area contributed by atoms with Crippen molar-refractivity contribution in [2.24, 2.45) is 4.99 Å². The number of methoxy groups -OCH3 is 1. The lowest BCUT2D eigenvalue weighted by Crippen LogP contribution is -2.12. The van der Waals surface area contributed by atoms with Crippen molar-refractivity contribution < 1.29 is 9.53 Å². The van der Waals surface area contributed by atoms with Gasteiger partial charge in [-0.05, 0) is 35.6 Å². The first-order valence-corrected chi connectivity index (χ1v) is 8.63. The van der Waals surface area contributed by atoms with Crippen molar-refractivity contribution in [1.29, 1.82) is 5.26 Å². The zero-order valence-corrected chi connectivity index (χ0v) is 14.7. The van der Waals surface area contributed by atoms with Crippen molar-refractivity contribution in [2.75, 3.05) is 13.4 Å². The minimum absolute atomic E-state index is 0.392. The van der Waals surface area contributed by atoms with E-state index in [0.29, 0.717) is 16.4 Å². The molecular weight excluding hydrogens is 334 g/mol. The number of rotatable bonds is 4. The molecule has 0 unspecified atom stereocenters. The number of amidine groups is 1. The first-order chi connectivity index (χ1) is 12.2. The molecule has 0 saturated carbocycles. The third-order valence-electron chi connectivity index (χ3n) is 3.28. The van der Waals surface area contributed by atoms with Crippen molar-refractivity contribution in [3.05, 3.63) is 65.7 Å². The van der Waals surface area contributed by atoms with Crippen molar-refractivity contribution in [1.82, 2.24) is 5.32 Å². The van der Waals surface area contributed by atoms with Gasteiger partial charge in [-0.15, -0.1) is 0 Å². The van der Waals surface area contributed by atoms with Gasteiger partial charge in [0.1, 0.15) is 0 Å². The van der Waals surface area contributed by atoms with Gasteiger partial charge in [-0.2, -0.15) is 5.26 Å². The molecule has 2 aromatic rings. The maximum absolute atomic E-state index is 12.1. The van der Waals surface area contributed by atoms with Gasteiger partial charge in [0.2, 0.25) is 0 Å². The largest absolute Gasteiger partial charge is 0.465 e. The van der Waals surface area contributed by atoms with E-state index in [2.05, 4.69) is 10.3 Å². The van der Waals surface area contributed by atoms with E-state index >= 15 is 0 Å². The molecule has 0 aliphatic carbocycles. The highest BCUT2D eigenvalue weighted by molar-refractivity contribution is 8.13. The minimum atomic E-state index is -0.392. The summed E-state index contributed by atoms with van der Waals surface area (Å²) in [7, 11) is 1.36. The number of nitriles is 1. The Labute approximate surface area is 151 Å². The summed E-state index contributed by atoms with van der Waals surface area (Å²) in [5.74, 6) is -0.392. The Bertz CT molecular complexity index is 822. The molecule has 0 spiro atoms. The quantitative estimate of drug-likeness (QED) is 0.172. The average molecular weight is 351 g/mol. The van der Waals surface area contributed by atoms with E-state index in [1.165, 1.54) is 18.9 Å². The Hall–Kier alpha value is -3.04. The van der Waals surface area contributed by atoms with Crippen LogP contribution in [0.2, 0.25) is 0 Å². The number of nitrogens with one attached hydrogen (secondary N) is 1. The second-order valence-electron chi connectivity index (χ2n) is 4.87. The van der Waals surface area contributed by atoms with Crippen LogP contribution in [0.1, 0.15) is 11.1 Å². The van der Waals surface area contributed by atoms with E-state index in [0.717, 1.165) is 11.1 Å². The van der Waals surface area contributed by atoms with Crippen molar-refractivity contribution in [3.8, 4) is 6.19 Å². The average Bonchev–Trinajstić information content (AvgIpc) is 2.67. The lowest BCUT2D eigenvalue weighted by molar-refractivity contribution is -0.133. The van der Waals surface area contributed by atoms with E-state index in [1.54, 1.807) is 6.08 Å². The fourth-order valence-electron chi connectivity index (χ4n) is 2.09. The molecule has 0 heterocycles. The zero-order chi connectivity index (χ0) is 18.1. The van der Waals surface area contributed by atoms with Gasteiger partial charge in [0.05, 0.1) is 18.4 Å². The van der Waals surface area contributed by atoms with Gasteiger partial charge in [-0.25, -0.2) is 9.79 Å². The third-order valence-corrected chi connectivity index (χ3v) is 3.86. The van der Waals surface area contributed by atoms with Crippen LogP contribution in [0.4, 0.5) is 5.69 Å². The van der Waals surface area contributed by atoms with Crippen LogP contribution in [0, 0.1) is 11.5 Å². The second kappa shape index (κ2) is 9.30. The summed E-state index contributed by atoms with van der Waals surface area (Å²) in [6, 6.07) is 16.7. The number of thioether (sulfide) groups is 1. The zero-order valence-electron chi connectivity index (χ0n) is 13.9. The molecule has 0 saturated heterocycles. The smallest absolute Gasteiger partial charge is 0.338 e. The van der Waals surface area contributed by atoms with Gasteiger partial charge >= 0.3 is 5.97 Å². The van der Waals surface area contributed by atoms with Gasteiger partial charge in [0, 0.05) is 0 Å². The number of hydrogen-bond acceptors (Lipinski definition) is 5. The van der Waals surface area contributed by atoms with Gasteiger partial charge in [0.15, 0.2) is 11.4 Å². The summed E-state index contributed by atoms with van der Waals surface area (Å²) in [5.41, 5.74) is 2.83. The summed E-state index contributed by atoms with van der Waals surface area (Å²) in [6.45, 7) is 0. The van der Waals surface area contributed by atoms with E-state index in [-0.39, 0.29) is 0 Å². The van der Waals surface area contributed by atoms with Gasteiger partial charge in [-0.3, -0.25) is 5.32 Å². The van der Waals surface area contributed by atoms with Crippen LogP contribution in [-0.2, 0) is 9.53 Å². The predicted octanol–water partition coefficient (Wildman–Crippen LogP) is 3.82. The molecule has 2 rings (SSSR count). The summed E-state index contributed by atoms with van der Waals surface area (Å²) in [6.07, 6.45) is 5.46. The molecule has 1 N–H and O–H groups in total. The number of ether oxygens (including phenoxy) is 1. The maximum atomic E-state index is 12.1. The summed E-state index contributed by atoms with van der Waals surface area (Å²) >= 11 is 1.35. The van der Waals surface area contributed by atoms with Crippen LogP contribution >= 0.6 is 11.8 Å². The van der Waals surface area contributed by atoms with Crippen LogP contribution in [0.5, 0.6) is 0 Å². The standard InChI is InChI=1S/C19H17N3O2S/c1-24-18(23)17(15-6-4-3-5-7-15)12-14-8-10-16(11-9-14)22-19(25-2)21-13-20/h3-12H,1-2H3,(H,21,22).